The van der Waals surface area contributed by atoms with E-state index in [1.54, 1.807) is 0 Å². The van der Waals surface area contributed by atoms with Gasteiger partial charge in [0.05, 0.1) is 18.4 Å². The van der Waals surface area contributed by atoms with E-state index in [4.69, 9.17) is 5.73 Å². The monoisotopic (exact) mass is 320 g/mol. The molecule has 1 atom stereocenters. The van der Waals surface area contributed by atoms with Crippen molar-refractivity contribution in [2.24, 2.45) is 5.73 Å². The van der Waals surface area contributed by atoms with Crippen molar-refractivity contribution in [1.29, 1.82) is 0 Å². The fourth-order valence-corrected chi connectivity index (χ4v) is 1.76. The first-order chi connectivity index (χ1) is 9.15. The van der Waals surface area contributed by atoms with Gasteiger partial charge in [-0.05, 0) is 27.9 Å². The summed E-state index contributed by atoms with van der Waals surface area (Å²) in [5.41, 5.74) is 6.88. The van der Waals surface area contributed by atoms with Gasteiger partial charge in [-0.15, -0.1) is 0 Å². The van der Waals surface area contributed by atoms with Gasteiger partial charge in [0.15, 0.2) is 5.82 Å². The van der Waals surface area contributed by atoms with Gasteiger partial charge in [-0.2, -0.15) is 0 Å². The molecule has 3 N–H and O–H groups in total. The van der Waals surface area contributed by atoms with Crippen LogP contribution in [0.3, 0.4) is 0 Å². The largest absolute Gasteiger partial charge is 0.320 e. The number of aromatic nitrogens is 2. The Bertz CT molecular complexity index is 544. The van der Waals surface area contributed by atoms with Crippen molar-refractivity contribution in [3.05, 3.63) is 52.9 Å². The fourth-order valence-electron chi connectivity index (χ4n) is 1.56. The minimum absolute atomic E-state index is 0.277. The summed E-state index contributed by atoms with van der Waals surface area (Å²) in [6.07, 6.45) is 3.46. The molecule has 1 aromatic heterocycles. The molecule has 2 aromatic rings. The third-order valence-corrected chi connectivity index (χ3v) is 2.92. The molecule has 0 radical (unpaired) electrons. The Kier molecular flexibility index (Phi) is 4.59. The molecule has 6 heteroatoms. The number of carbonyl (C=O) groups is 1. The molecule has 0 unspecified atom stereocenters. The molecule has 0 saturated heterocycles. The first-order valence-electron chi connectivity index (χ1n) is 5.73. The van der Waals surface area contributed by atoms with E-state index in [1.807, 2.05) is 30.3 Å². The molecular formula is C13H13BrN4O. The Hall–Kier alpha value is -1.79. The van der Waals surface area contributed by atoms with E-state index in [1.165, 1.54) is 12.4 Å². The molecule has 0 aliphatic rings. The van der Waals surface area contributed by atoms with Crippen LogP contribution < -0.4 is 11.1 Å². The van der Waals surface area contributed by atoms with Crippen molar-refractivity contribution in [2.45, 2.75) is 12.5 Å². The predicted octanol–water partition coefficient (Wildman–Crippen LogP) is 1.75. The van der Waals surface area contributed by atoms with E-state index < -0.39 is 6.04 Å². The van der Waals surface area contributed by atoms with Crippen molar-refractivity contribution in [1.82, 2.24) is 9.97 Å². The molecule has 0 saturated carbocycles. The summed E-state index contributed by atoms with van der Waals surface area (Å²) in [7, 11) is 0. The third-order valence-electron chi connectivity index (χ3n) is 2.51. The molecule has 1 amide bonds. The Morgan fingerprint density at radius 2 is 2.00 bits per heavy atom. The Morgan fingerprint density at radius 3 is 2.63 bits per heavy atom. The third kappa shape index (κ3) is 4.11. The Balaban J connectivity index is 1.94. The second kappa shape index (κ2) is 6.40. The van der Waals surface area contributed by atoms with Crippen molar-refractivity contribution in [3.8, 4) is 0 Å². The summed E-state index contributed by atoms with van der Waals surface area (Å²) in [6.45, 7) is 0. The number of benzene rings is 1. The number of carbonyl (C=O) groups excluding carboxylic acids is 1. The highest BCUT2D eigenvalue weighted by Crippen LogP contribution is 2.07. The lowest BCUT2D eigenvalue weighted by atomic mass is 10.1. The zero-order valence-corrected chi connectivity index (χ0v) is 11.7. The quantitative estimate of drug-likeness (QED) is 0.899. The Labute approximate surface area is 119 Å². The second-order valence-corrected chi connectivity index (χ2v) is 4.82. The van der Waals surface area contributed by atoms with Crippen molar-refractivity contribution >= 4 is 27.7 Å². The minimum atomic E-state index is -0.618. The number of nitrogens with one attached hydrogen (secondary N) is 1. The van der Waals surface area contributed by atoms with Gasteiger partial charge in [0.2, 0.25) is 5.91 Å². The number of halogens is 1. The molecule has 98 valence electrons. The zero-order valence-electron chi connectivity index (χ0n) is 10.1. The van der Waals surface area contributed by atoms with Crippen molar-refractivity contribution < 1.29 is 4.79 Å². The first-order valence-corrected chi connectivity index (χ1v) is 6.52. The number of hydrogen-bond donors (Lipinski definition) is 2. The van der Waals surface area contributed by atoms with Gasteiger partial charge in [0.25, 0.3) is 0 Å². The van der Waals surface area contributed by atoms with Gasteiger partial charge >= 0.3 is 0 Å². The molecule has 0 aliphatic heterocycles. The summed E-state index contributed by atoms with van der Waals surface area (Å²) in [6, 6.07) is 9.01. The first kappa shape index (κ1) is 13.6. The molecule has 2 rings (SSSR count). The highest BCUT2D eigenvalue weighted by molar-refractivity contribution is 9.10. The zero-order chi connectivity index (χ0) is 13.7. The van der Waals surface area contributed by atoms with E-state index in [9.17, 15) is 4.79 Å². The van der Waals surface area contributed by atoms with Gasteiger partial charge in [-0.25, -0.2) is 9.97 Å². The topological polar surface area (TPSA) is 80.9 Å². The summed E-state index contributed by atoms with van der Waals surface area (Å²) in [5.74, 6) is 0.109. The van der Waals surface area contributed by atoms with Crippen molar-refractivity contribution in [2.75, 3.05) is 5.32 Å². The highest BCUT2D eigenvalue weighted by atomic mass is 79.9. The van der Waals surface area contributed by atoms with E-state index in [2.05, 4.69) is 31.2 Å². The van der Waals surface area contributed by atoms with Crippen LogP contribution >= 0.6 is 15.9 Å². The SMILES string of the molecule is N[C@@H](Cc1ccccc1)C(=O)Nc1cnc(Br)cn1. The molecule has 19 heavy (non-hydrogen) atoms. The van der Waals surface area contributed by atoms with Gasteiger partial charge in [0, 0.05) is 0 Å². The average Bonchev–Trinajstić information content (AvgIpc) is 2.42. The molecule has 1 aromatic carbocycles. The molecule has 5 nitrogen and oxygen atoms in total. The van der Waals surface area contributed by atoms with Crippen LogP contribution in [0.25, 0.3) is 0 Å². The number of rotatable bonds is 4. The number of anilines is 1. The maximum Gasteiger partial charge on any atom is 0.242 e. The Morgan fingerprint density at radius 1 is 1.26 bits per heavy atom. The van der Waals surface area contributed by atoms with Gasteiger partial charge < -0.3 is 11.1 Å². The number of amides is 1. The lowest BCUT2D eigenvalue weighted by Crippen LogP contribution is -2.37. The van der Waals surface area contributed by atoms with Crippen LogP contribution in [-0.2, 0) is 11.2 Å². The van der Waals surface area contributed by atoms with Crippen LogP contribution in [0.1, 0.15) is 5.56 Å². The lowest BCUT2D eigenvalue weighted by Gasteiger charge is -2.11. The predicted molar refractivity (Wildman–Crippen MR) is 76.5 cm³/mol. The summed E-state index contributed by atoms with van der Waals surface area (Å²) < 4.78 is 0.610. The molecule has 0 fully saturated rings. The fraction of sp³-hybridized carbons (Fsp3) is 0.154. The normalized spacial score (nSPS) is 11.9. The maximum absolute atomic E-state index is 11.9. The maximum atomic E-state index is 11.9. The standard InChI is InChI=1S/C13H13BrN4O/c14-11-7-17-12(8-16-11)18-13(19)10(15)6-9-4-2-1-3-5-9/h1-5,7-8,10H,6,15H2,(H,17,18,19)/t10-/m0/s1. The smallest absolute Gasteiger partial charge is 0.242 e. The molecule has 0 bridgehead atoms. The van der Waals surface area contributed by atoms with Crippen LogP contribution in [0.2, 0.25) is 0 Å². The van der Waals surface area contributed by atoms with Crippen LogP contribution in [0, 0.1) is 0 Å². The summed E-state index contributed by atoms with van der Waals surface area (Å²) >= 11 is 3.17. The molecule has 0 aliphatic carbocycles. The summed E-state index contributed by atoms with van der Waals surface area (Å²) in [4.78, 5) is 19.9. The molecule has 1 heterocycles. The van der Waals surface area contributed by atoms with E-state index in [0.29, 0.717) is 16.8 Å². The van der Waals surface area contributed by atoms with Crippen LogP contribution in [0.4, 0.5) is 5.82 Å². The van der Waals surface area contributed by atoms with E-state index in [0.717, 1.165) is 5.56 Å². The second-order valence-electron chi connectivity index (χ2n) is 4.01. The van der Waals surface area contributed by atoms with Gasteiger partial charge in [-0.3, -0.25) is 4.79 Å². The van der Waals surface area contributed by atoms with Crippen molar-refractivity contribution in [3.63, 3.8) is 0 Å². The lowest BCUT2D eigenvalue weighted by molar-refractivity contribution is -0.117. The van der Waals surface area contributed by atoms with Crippen LogP contribution in [0.15, 0.2) is 47.3 Å². The van der Waals surface area contributed by atoms with E-state index >= 15 is 0 Å². The number of nitrogens with two attached hydrogens (primary N) is 1. The van der Waals surface area contributed by atoms with Crippen LogP contribution in [0.5, 0.6) is 0 Å². The summed E-state index contributed by atoms with van der Waals surface area (Å²) in [5, 5.41) is 2.63. The number of nitrogens with zero attached hydrogens (tertiary/aromatic N) is 2. The highest BCUT2D eigenvalue weighted by Gasteiger charge is 2.14. The van der Waals surface area contributed by atoms with Crippen LogP contribution in [-0.4, -0.2) is 21.9 Å². The molecule has 0 spiro atoms. The molecular weight excluding hydrogens is 308 g/mol. The van der Waals surface area contributed by atoms with Gasteiger partial charge in [0.1, 0.15) is 4.60 Å². The number of hydrogen-bond acceptors (Lipinski definition) is 4. The average molecular weight is 321 g/mol. The van der Waals surface area contributed by atoms with Gasteiger partial charge in [-0.1, -0.05) is 30.3 Å². The van der Waals surface area contributed by atoms with E-state index in [-0.39, 0.29) is 5.91 Å². The minimum Gasteiger partial charge on any atom is -0.320 e.